The van der Waals surface area contributed by atoms with Crippen LogP contribution in [0.25, 0.3) is 0 Å². The van der Waals surface area contributed by atoms with Crippen LogP contribution in [0.3, 0.4) is 0 Å². The summed E-state index contributed by atoms with van der Waals surface area (Å²) in [6, 6.07) is 12.7. The summed E-state index contributed by atoms with van der Waals surface area (Å²) in [4.78, 5) is 16.6. The first kappa shape index (κ1) is 23.1. The number of rotatable bonds is 5. The molecule has 1 unspecified atom stereocenters. The average Bonchev–Trinajstić information content (AvgIpc) is 2.73. The van der Waals surface area contributed by atoms with Gasteiger partial charge in [-0.25, -0.2) is 8.42 Å². The third-order valence-electron chi connectivity index (χ3n) is 5.37. The second-order valence-electron chi connectivity index (χ2n) is 7.45. The highest BCUT2D eigenvalue weighted by Gasteiger charge is 2.35. The SMILES string of the molecule is CN(C(C(=O)N1CCN(c2cccc(C(F)(F)F)c2)CC1)c1ccccc1)S(C)(=O)=O. The van der Waals surface area contributed by atoms with Gasteiger partial charge < -0.3 is 9.80 Å². The van der Waals surface area contributed by atoms with Crippen molar-refractivity contribution in [2.24, 2.45) is 0 Å². The minimum Gasteiger partial charge on any atom is -0.368 e. The molecule has 0 aromatic heterocycles. The first-order chi connectivity index (χ1) is 14.5. The molecule has 1 aliphatic rings. The van der Waals surface area contributed by atoms with E-state index in [9.17, 15) is 26.4 Å². The number of alkyl halides is 3. The molecule has 10 heteroatoms. The fourth-order valence-corrected chi connectivity index (χ4v) is 4.17. The van der Waals surface area contributed by atoms with Gasteiger partial charge in [0, 0.05) is 38.9 Å². The molecule has 0 bridgehead atoms. The number of nitrogens with zero attached hydrogens (tertiary/aromatic N) is 3. The topological polar surface area (TPSA) is 60.9 Å². The predicted molar refractivity (Wildman–Crippen MR) is 112 cm³/mol. The normalized spacial score (nSPS) is 16.5. The van der Waals surface area contributed by atoms with Crippen LogP contribution in [-0.4, -0.2) is 63.0 Å². The minimum absolute atomic E-state index is 0.274. The van der Waals surface area contributed by atoms with Crippen LogP contribution in [0.5, 0.6) is 0 Å². The van der Waals surface area contributed by atoms with Gasteiger partial charge in [0.05, 0.1) is 11.8 Å². The van der Waals surface area contributed by atoms with E-state index in [1.54, 1.807) is 46.2 Å². The van der Waals surface area contributed by atoms with Crippen molar-refractivity contribution in [2.75, 3.05) is 44.4 Å². The van der Waals surface area contributed by atoms with E-state index in [0.717, 1.165) is 22.7 Å². The summed E-state index contributed by atoms with van der Waals surface area (Å²) in [5.74, 6) is -0.359. The molecule has 1 aliphatic heterocycles. The third kappa shape index (κ3) is 5.37. The Balaban J connectivity index is 1.76. The zero-order valence-electron chi connectivity index (χ0n) is 17.2. The lowest BCUT2D eigenvalue weighted by atomic mass is 10.1. The van der Waals surface area contributed by atoms with Crippen molar-refractivity contribution in [1.29, 1.82) is 0 Å². The summed E-state index contributed by atoms with van der Waals surface area (Å²) in [5, 5.41) is 0. The Kier molecular flexibility index (Phi) is 6.61. The fourth-order valence-electron chi connectivity index (χ4n) is 3.57. The highest BCUT2D eigenvalue weighted by Crippen LogP contribution is 2.32. The summed E-state index contributed by atoms with van der Waals surface area (Å²) in [6.07, 6.45) is -3.38. The minimum atomic E-state index is -4.42. The van der Waals surface area contributed by atoms with Gasteiger partial charge in [0.2, 0.25) is 15.9 Å². The number of sulfonamides is 1. The molecule has 1 saturated heterocycles. The smallest absolute Gasteiger partial charge is 0.368 e. The number of amides is 1. The van der Waals surface area contributed by atoms with Crippen LogP contribution < -0.4 is 4.90 Å². The van der Waals surface area contributed by atoms with Crippen LogP contribution >= 0.6 is 0 Å². The van der Waals surface area contributed by atoms with Crippen molar-refractivity contribution in [2.45, 2.75) is 12.2 Å². The van der Waals surface area contributed by atoms with Crippen LogP contribution in [0.15, 0.2) is 54.6 Å². The molecular formula is C21H24F3N3O3S. The maximum absolute atomic E-state index is 13.3. The first-order valence-electron chi connectivity index (χ1n) is 9.67. The Morgan fingerprint density at radius 2 is 1.61 bits per heavy atom. The lowest BCUT2D eigenvalue weighted by Crippen LogP contribution is -2.52. The standard InChI is InChI=1S/C21H24F3N3O3S/c1-25(31(2,29)30)19(16-7-4-3-5-8-16)20(28)27-13-11-26(12-14-27)18-10-6-9-17(15-18)21(22,23)24/h3-10,15,19H,11-14H2,1-2H3. The van der Waals surface area contributed by atoms with Crippen molar-refractivity contribution in [3.05, 3.63) is 65.7 Å². The van der Waals surface area contributed by atoms with Gasteiger partial charge in [0.15, 0.2) is 0 Å². The van der Waals surface area contributed by atoms with Gasteiger partial charge in [-0.05, 0) is 23.8 Å². The van der Waals surface area contributed by atoms with Crippen molar-refractivity contribution in [1.82, 2.24) is 9.21 Å². The zero-order chi connectivity index (χ0) is 22.8. The van der Waals surface area contributed by atoms with Gasteiger partial charge in [0.25, 0.3) is 0 Å². The number of benzene rings is 2. The molecule has 0 aliphatic carbocycles. The van der Waals surface area contributed by atoms with Crippen LogP contribution in [-0.2, 0) is 21.0 Å². The lowest BCUT2D eigenvalue weighted by Gasteiger charge is -2.39. The fraction of sp³-hybridized carbons (Fsp3) is 0.381. The second kappa shape index (κ2) is 8.88. The van der Waals surface area contributed by atoms with E-state index in [1.165, 1.54) is 13.1 Å². The maximum Gasteiger partial charge on any atom is 0.416 e. The van der Waals surface area contributed by atoms with E-state index in [4.69, 9.17) is 0 Å². The Labute approximate surface area is 179 Å². The molecule has 0 radical (unpaired) electrons. The van der Waals surface area contributed by atoms with Gasteiger partial charge in [-0.3, -0.25) is 4.79 Å². The second-order valence-corrected chi connectivity index (χ2v) is 9.49. The summed E-state index contributed by atoms with van der Waals surface area (Å²) in [5.41, 5.74) is 0.276. The molecule has 0 saturated carbocycles. The van der Waals surface area contributed by atoms with Crippen molar-refractivity contribution >= 4 is 21.6 Å². The van der Waals surface area contributed by atoms with Gasteiger partial charge in [-0.2, -0.15) is 17.5 Å². The third-order valence-corrected chi connectivity index (χ3v) is 6.62. The van der Waals surface area contributed by atoms with Crippen molar-refractivity contribution in [3.8, 4) is 0 Å². The lowest BCUT2D eigenvalue weighted by molar-refractivity contribution is -0.137. The zero-order valence-corrected chi connectivity index (χ0v) is 18.0. The van der Waals surface area contributed by atoms with Crippen LogP contribution in [0.2, 0.25) is 0 Å². The van der Waals surface area contributed by atoms with E-state index in [-0.39, 0.29) is 19.0 Å². The predicted octanol–water partition coefficient (Wildman–Crippen LogP) is 2.99. The highest BCUT2D eigenvalue weighted by molar-refractivity contribution is 7.88. The van der Waals surface area contributed by atoms with E-state index in [1.807, 2.05) is 0 Å². The molecule has 1 amide bonds. The Bertz CT molecular complexity index is 1020. The van der Waals surface area contributed by atoms with E-state index in [0.29, 0.717) is 24.3 Å². The van der Waals surface area contributed by atoms with Crippen molar-refractivity contribution in [3.63, 3.8) is 0 Å². The van der Waals surface area contributed by atoms with E-state index in [2.05, 4.69) is 0 Å². The largest absolute Gasteiger partial charge is 0.416 e. The Morgan fingerprint density at radius 1 is 1.00 bits per heavy atom. The van der Waals surface area contributed by atoms with Gasteiger partial charge in [-0.1, -0.05) is 36.4 Å². The number of anilines is 1. The molecule has 1 atom stereocenters. The molecule has 1 fully saturated rings. The number of halogens is 3. The van der Waals surface area contributed by atoms with Crippen LogP contribution in [0.4, 0.5) is 18.9 Å². The molecule has 0 N–H and O–H groups in total. The quantitative estimate of drug-likeness (QED) is 0.696. The molecule has 168 valence electrons. The number of likely N-dealkylation sites (N-methyl/N-ethyl adjacent to an activating group) is 1. The molecule has 1 heterocycles. The number of carbonyl (C=O) groups is 1. The van der Waals surface area contributed by atoms with Gasteiger partial charge >= 0.3 is 6.18 Å². The molecule has 6 nitrogen and oxygen atoms in total. The van der Waals surface area contributed by atoms with Gasteiger partial charge in [-0.15, -0.1) is 0 Å². The molecule has 2 aromatic rings. The molecule has 31 heavy (non-hydrogen) atoms. The number of carbonyl (C=O) groups excluding carboxylic acids is 1. The van der Waals surface area contributed by atoms with E-state index < -0.39 is 27.8 Å². The summed E-state index contributed by atoms with van der Waals surface area (Å²) < 4.78 is 64.3. The number of piperazine rings is 1. The summed E-state index contributed by atoms with van der Waals surface area (Å²) in [7, 11) is -2.27. The first-order valence-corrected chi connectivity index (χ1v) is 11.5. The number of hydrogen-bond donors (Lipinski definition) is 0. The molecular weight excluding hydrogens is 431 g/mol. The number of hydrogen-bond acceptors (Lipinski definition) is 4. The maximum atomic E-state index is 13.3. The van der Waals surface area contributed by atoms with Crippen LogP contribution in [0, 0.1) is 0 Å². The average molecular weight is 456 g/mol. The van der Waals surface area contributed by atoms with Gasteiger partial charge in [0.1, 0.15) is 6.04 Å². The highest BCUT2D eigenvalue weighted by atomic mass is 32.2. The molecule has 3 rings (SSSR count). The van der Waals surface area contributed by atoms with Crippen LogP contribution in [0.1, 0.15) is 17.2 Å². The molecule has 2 aromatic carbocycles. The summed E-state index contributed by atoms with van der Waals surface area (Å²) in [6.45, 7) is 1.24. The Hall–Kier alpha value is -2.59. The summed E-state index contributed by atoms with van der Waals surface area (Å²) >= 11 is 0. The van der Waals surface area contributed by atoms with Crippen molar-refractivity contribution < 1.29 is 26.4 Å². The monoisotopic (exact) mass is 455 g/mol. The Morgan fingerprint density at radius 3 is 2.16 bits per heavy atom. The molecule has 0 spiro atoms. The van der Waals surface area contributed by atoms with E-state index >= 15 is 0 Å².